The number of rotatable bonds is 6. The van der Waals surface area contributed by atoms with Gasteiger partial charge in [0.25, 0.3) is 5.91 Å². The molecule has 0 aliphatic carbocycles. The Kier molecular flexibility index (Phi) is 6.02. The van der Waals surface area contributed by atoms with Gasteiger partial charge in [-0.2, -0.15) is 0 Å². The van der Waals surface area contributed by atoms with Gasteiger partial charge < -0.3 is 10.6 Å². The van der Waals surface area contributed by atoms with Crippen LogP contribution in [0.25, 0.3) is 0 Å². The van der Waals surface area contributed by atoms with Crippen LogP contribution in [-0.2, 0) is 6.54 Å². The van der Waals surface area contributed by atoms with Gasteiger partial charge in [0.2, 0.25) is 0 Å². The summed E-state index contributed by atoms with van der Waals surface area (Å²) in [7, 11) is 0. The molecule has 7 heteroatoms. The highest BCUT2D eigenvalue weighted by Gasteiger charge is 2.13. The molecule has 4 nitrogen and oxygen atoms in total. The SMILES string of the molecule is CCCNc1ccc(Cl)c(C(=O)NCc2ccc(Br)s2)n1. The molecule has 0 bridgehead atoms. The highest BCUT2D eigenvalue weighted by Crippen LogP contribution is 2.22. The van der Waals surface area contributed by atoms with E-state index in [0.717, 1.165) is 21.6 Å². The smallest absolute Gasteiger partial charge is 0.271 e. The van der Waals surface area contributed by atoms with Crippen molar-refractivity contribution in [3.63, 3.8) is 0 Å². The molecule has 2 rings (SSSR count). The molecule has 0 atom stereocenters. The van der Waals surface area contributed by atoms with Crippen molar-refractivity contribution in [3.8, 4) is 0 Å². The number of aromatic nitrogens is 1. The largest absolute Gasteiger partial charge is 0.370 e. The molecule has 0 aliphatic rings. The summed E-state index contributed by atoms with van der Waals surface area (Å²) in [4.78, 5) is 17.5. The lowest BCUT2D eigenvalue weighted by molar-refractivity contribution is 0.0946. The first-order valence-corrected chi connectivity index (χ1v) is 8.51. The van der Waals surface area contributed by atoms with E-state index in [-0.39, 0.29) is 11.6 Å². The Morgan fingerprint density at radius 1 is 1.38 bits per heavy atom. The van der Waals surface area contributed by atoms with Crippen LogP contribution in [-0.4, -0.2) is 17.4 Å². The van der Waals surface area contributed by atoms with Crippen molar-refractivity contribution in [2.45, 2.75) is 19.9 Å². The van der Waals surface area contributed by atoms with E-state index >= 15 is 0 Å². The maximum Gasteiger partial charge on any atom is 0.271 e. The average molecular weight is 389 g/mol. The van der Waals surface area contributed by atoms with Gasteiger partial charge in [-0.25, -0.2) is 4.98 Å². The topological polar surface area (TPSA) is 54.0 Å². The first-order chi connectivity index (χ1) is 10.1. The molecular weight excluding hydrogens is 374 g/mol. The molecule has 0 radical (unpaired) electrons. The van der Waals surface area contributed by atoms with Gasteiger partial charge >= 0.3 is 0 Å². The fraction of sp³-hybridized carbons (Fsp3) is 0.286. The van der Waals surface area contributed by atoms with E-state index in [4.69, 9.17) is 11.6 Å². The Morgan fingerprint density at radius 3 is 2.86 bits per heavy atom. The van der Waals surface area contributed by atoms with Gasteiger partial charge in [0.1, 0.15) is 11.5 Å². The third kappa shape index (κ3) is 4.69. The first kappa shape index (κ1) is 16.3. The van der Waals surface area contributed by atoms with Gasteiger partial charge in [-0.1, -0.05) is 18.5 Å². The second-order valence-electron chi connectivity index (χ2n) is 4.34. The van der Waals surface area contributed by atoms with Gasteiger partial charge in [-0.05, 0) is 46.6 Å². The second-order valence-corrected chi connectivity index (χ2v) is 7.30. The van der Waals surface area contributed by atoms with Crippen molar-refractivity contribution >= 4 is 50.6 Å². The lowest BCUT2D eigenvalue weighted by atomic mass is 10.3. The van der Waals surface area contributed by atoms with Crippen LogP contribution in [0.5, 0.6) is 0 Å². The average Bonchev–Trinajstić information content (AvgIpc) is 2.89. The zero-order chi connectivity index (χ0) is 15.2. The highest BCUT2D eigenvalue weighted by atomic mass is 79.9. The molecule has 0 saturated carbocycles. The minimum Gasteiger partial charge on any atom is -0.370 e. The van der Waals surface area contributed by atoms with E-state index in [1.54, 1.807) is 23.5 Å². The molecular formula is C14H15BrClN3OS. The van der Waals surface area contributed by atoms with Gasteiger partial charge in [0.15, 0.2) is 0 Å². The normalized spacial score (nSPS) is 10.4. The molecule has 2 heterocycles. The number of hydrogen-bond donors (Lipinski definition) is 2. The summed E-state index contributed by atoms with van der Waals surface area (Å²) in [5.41, 5.74) is 0.244. The fourth-order valence-corrected chi connectivity index (χ4v) is 3.26. The number of nitrogens with zero attached hydrogens (tertiary/aromatic N) is 1. The van der Waals surface area contributed by atoms with E-state index in [1.807, 2.05) is 12.1 Å². The predicted octanol–water partition coefficient (Wildman–Crippen LogP) is 4.31. The van der Waals surface area contributed by atoms with Crippen LogP contribution in [0.2, 0.25) is 5.02 Å². The summed E-state index contributed by atoms with van der Waals surface area (Å²) in [5.74, 6) is 0.384. The summed E-state index contributed by atoms with van der Waals surface area (Å²) in [6.45, 7) is 3.33. The van der Waals surface area contributed by atoms with Crippen LogP contribution in [0.15, 0.2) is 28.1 Å². The van der Waals surface area contributed by atoms with Gasteiger partial charge in [0.05, 0.1) is 15.4 Å². The third-order valence-corrected chi connectivity index (χ3v) is 4.60. The van der Waals surface area contributed by atoms with Crippen molar-refractivity contribution in [2.75, 3.05) is 11.9 Å². The molecule has 0 unspecified atom stereocenters. The fourth-order valence-electron chi connectivity index (χ4n) is 1.65. The quantitative estimate of drug-likeness (QED) is 0.775. The van der Waals surface area contributed by atoms with E-state index in [1.165, 1.54) is 0 Å². The number of thiophene rings is 1. The monoisotopic (exact) mass is 387 g/mol. The number of nitrogens with one attached hydrogen (secondary N) is 2. The number of hydrogen-bond acceptors (Lipinski definition) is 4. The summed E-state index contributed by atoms with van der Waals surface area (Å²) in [6, 6.07) is 7.37. The van der Waals surface area contributed by atoms with Crippen molar-refractivity contribution in [1.82, 2.24) is 10.3 Å². The highest BCUT2D eigenvalue weighted by molar-refractivity contribution is 9.11. The maximum absolute atomic E-state index is 12.2. The molecule has 2 aromatic rings. The van der Waals surface area contributed by atoms with Crippen molar-refractivity contribution in [2.24, 2.45) is 0 Å². The second kappa shape index (κ2) is 7.77. The molecule has 2 N–H and O–H groups in total. The standard InChI is InChI=1S/C14H15BrClN3OS/c1-2-7-17-12-6-4-10(16)13(19-12)14(20)18-8-9-3-5-11(15)21-9/h3-6H,2,7-8H2,1H3,(H,17,19)(H,18,20). The van der Waals surface area contributed by atoms with Gasteiger partial charge in [-0.15, -0.1) is 11.3 Å². The molecule has 112 valence electrons. The van der Waals surface area contributed by atoms with E-state index in [0.29, 0.717) is 17.4 Å². The maximum atomic E-state index is 12.2. The number of pyridine rings is 1. The lowest BCUT2D eigenvalue weighted by Gasteiger charge is -2.08. The van der Waals surface area contributed by atoms with E-state index < -0.39 is 0 Å². The van der Waals surface area contributed by atoms with Crippen molar-refractivity contribution in [1.29, 1.82) is 0 Å². The molecule has 1 amide bonds. The van der Waals surface area contributed by atoms with Gasteiger partial charge in [0, 0.05) is 11.4 Å². The van der Waals surface area contributed by atoms with Crippen LogP contribution in [0.4, 0.5) is 5.82 Å². The minimum atomic E-state index is -0.273. The zero-order valence-electron chi connectivity index (χ0n) is 11.5. The molecule has 0 fully saturated rings. The summed E-state index contributed by atoms with van der Waals surface area (Å²) < 4.78 is 1.04. The molecule has 21 heavy (non-hydrogen) atoms. The summed E-state index contributed by atoms with van der Waals surface area (Å²) in [6.07, 6.45) is 0.985. The van der Waals surface area contributed by atoms with E-state index in [9.17, 15) is 4.79 Å². The summed E-state index contributed by atoms with van der Waals surface area (Å²) >= 11 is 11.0. The van der Waals surface area contributed by atoms with E-state index in [2.05, 4.69) is 38.5 Å². The number of carbonyl (C=O) groups excluding carboxylic acids is 1. The van der Waals surface area contributed by atoms with Crippen LogP contribution in [0, 0.1) is 0 Å². The van der Waals surface area contributed by atoms with Crippen LogP contribution < -0.4 is 10.6 Å². The lowest BCUT2D eigenvalue weighted by Crippen LogP contribution is -2.24. The number of amides is 1. The Morgan fingerprint density at radius 2 is 2.19 bits per heavy atom. The Bertz CT molecular complexity index is 632. The Balaban J connectivity index is 2.03. The minimum absolute atomic E-state index is 0.244. The molecule has 0 spiro atoms. The van der Waals surface area contributed by atoms with Crippen molar-refractivity contribution in [3.05, 3.63) is 43.6 Å². The Labute approximate surface area is 141 Å². The molecule has 0 aliphatic heterocycles. The van der Waals surface area contributed by atoms with Crippen LogP contribution in [0.1, 0.15) is 28.7 Å². The van der Waals surface area contributed by atoms with Crippen LogP contribution >= 0.6 is 38.9 Å². The molecule has 0 aromatic carbocycles. The molecule has 2 aromatic heterocycles. The van der Waals surface area contributed by atoms with Crippen molar-refractivity contribution < 1.29 is 4.79 Å². The predicted molar refractivity (Wildman–Crippen MR) is 91.2 cm³/mol. The number of anilines is 1. The molecule has 0 saturated heterocycles. The number of halogens is 2. The van der Waals surface area contributed by atoms with Crippen LogP contribution in [0.3, 0.4) is 0 Å². The summed E-state index contributed by atoms with van der Waals surface area (Å²) in [5, 5.41) is 6.32. The van der Waals surface area contributed by atoms with Gasteiger partial charge in [-0.3, -0.25) is 4.79 Å². The first-order valence-electron chi connectivity index (χ1n) is 6.53. The third-order valence-electron chi connectivity index (χ3n) is 2.67. The Hall–Kier alpha value is -1.11. The zero-order valence-corrected chi connectivity index (χ0v) is 14.6. The number of carbonyl (C=O) groups is 1.